The maximum absolute atomic E-state index is 9.51. The SMILES string of the molecule is CC1CCN(c2ccc(C=Nc3sc4c(c3C#N)CCCC4)o2)CC1. The Hall–Kier alpha value is -2.06. The summed E-state index contributed by atoms with van der Waals surface area (Å²) in [6, 6.07) is 6.36. The first-order valence-corrected chi connectivity index (χ1v) is 9.99. The molecule has 0 spiro atoms. The Kier molecular flexibility index (Phi) is 4.63. The smallest absolute Gasteiger partial charge is 0.196 e. The molecule has 5 heteroatoms. The van der Waals surface area contributed by atoms with Gasteiger partial charge in [-0.15, -0.1) is 11.3 Å². The largest absolute Gasteiger partial charge is 0.440 e. The zero-order chi connectivity index (χ0) is 17.2. The van der Waals surface area contributed by atoms with Crippen LogP contribution in [-0.2, 0) is 12.8 Å². The predicted octanol–water partition coefficient (Wildman–Crippen LogP) is 5.08. The lowest BCUT2D eigenvalue weighted by Gasteiger charge is -2.29. The number of nitrogens with zero attached hydrogens (tertiary/aromatic N) is 3. The molecule has 1 aliphatic heterocycles. The van der Waals surface area contributed by atoms with Crippen LogP contribution in [-0.4, -0.2) is 19.3 Å². The molecule has 1 fully saturated rings. The molecule has 0 N–H and O–H groups in total. The maximum Gasteiger partial charge on any atom is 0.196 e. The zero-order valence-corrected chi connectivity index (χ0v) is 15.4. The summed E-state index contributed by atoms with van der Waals surface area (Å²) in [5.74, 6) is 2.49. The fraction of sp³-hybridized carbons (Fsp3) is 0.500. The zero-order valence-electron chi connectivity index (χ0n) is 14.6. The van der Waals surface area contributed by atoms with Crippen molar-refractivity contribution in [2.45, 2.75) is 45.4 Å². The number of thiophene rings is 1. The van der Waals surface area contributed by atoms with Gasteiger partial charge in [0.25, 0.3) is 0 Å². The van der Waals surface area contributed by atoms with Crippen molar-refractivity contribution in [1.82, 2.24) is 0 Å². The minimum absolute atomic E-state index is 0.754. The molecule has 0 unspecified atom stereocenters. The van der Waals surface area contributed by atoms with E-state index >= 15 is 0 Å². The molecule has 2 aliphatic rings. The topological polar surface area (TPSA) is 52.5 Å². The van der Waals surface area contributed by atoms with Crippen molar-refractivity contribution in [2.75, 3.05) is 18.0 Å². The van der Waals surface area contributed by atoms with E-state index in [9.17, 15) is 5.26 Å². The van der Waals surface area contributed by atoms with Crippen molar-refractivity contribution >= 4 is 28.4 Å². The lowest BCUT2D eigenvalue weighted by Crippen LogP contribution is -2.32. The second-order valence-electron chi connectivity index (χ2n) is 7.11. The fourth-order valence-corrected chi connectivity index (χ4v) is 4.87. The molecule has 2 aromatic rings. The van der Waals surface area contributed by atoms with E-state index in [1.54, 1.807) is 17.6 Å². The highest BCUT2D eigenvalue weighted by molar-refractivity contribution is 7.16. The quantitative estimate of drug-likeness (QED) is 0.723. The van der Waals surface area contributed by atoms with Crippen LogP contribution in [0.1, 0.15) is 54.4 Å². The number of hydrogen-bond acceptors (Lipinski definition) is 5. The van der Waals surface area contributed by atoms with Gasteiger partial charge in [0.05, 0.1) is 11.8 Å². The molecule has 4 nitrogen and oxygen atoms in total. The Morgan fingerprint density at radius 3 is 2.88 bits per heavy atom. The molecule has 0 amide bonds. The van der Waals surface area contributed by atoms with Crippen LogP contribution in [0.5, 0.6) is 0 Å². The Morgan fingerprint density at radius 2 is 2.08 bits per heavy atom. The molecular formula is C20H23N3OS. The molecule has 0 atom stereocenters. The monoisotopic (exact) mass is 353 g/mol. The standard InChI is InChI=1S/C20H23N3OS/c1-14-8-10-23(11-9-14)19-7-6-15(24-19)13-22-20-17(12-21)16-4-2-3-5-18(16)25-20/h6-7,13-14H,2-5,8-11H2,1H3. The molecule has 0 saturated carbocycles. The highest BCUT2D eigenvalue weighted by Gasteiger charge is 2.21. The third kappa shape index (κ3) is 3.36. The van der Waals surface area contributed by atoms with E-state index in [1.165, 1.54) is 36.1 Å². The van der Waals surface area contributed by atoms with E-state index in [0.29, 0.717) is 0 Å². The number of aryl methyl sites for hydroxylation is 1. The second kappa shape index (κ2) is 7.05. The number of nitriles is 1. The molecule has 130 valence electrons. The van der Waals surface area contributed by atoms with Gasteiger partial charge in [-0.25, -0.2) is 4.99 Å². The van der Waals surface area contributed by atoms with Crippen molar-refractivity contribution in [2.24, 2.45) is 10.9 Å². The van der Waals surface area contributed by atoms with E-state index in [2.05, 4.69) is 22.9 Å². The van der Waals surface area contributed by atoms with E-state index in [-0.39, 0.29) is 0 Å². The highest BCUT2D eigenvalue weighted by atomic mass is 32.1. The van der Waals surface area contributed by atoms with Crippen LogP contribution in [0.3, 0.4) is 0 Å². The van der Waals surface area contributed by atoms with Crippen molar-refractivity contribution in [3.8, 4) is 6.07 Å². The van der Waals surface area contributed by atoms with Gasteiger partial charge in [-0.05, 0) is 56.1 Å². The van der Waals surface area contributed by atoms with Crippen molar-refractivity contribution < 1.29 is 4.42 Å². The van der Waals surface area contributed by atoms with Crippen LogP contribution < -0.4 is 4.90 Å². The lowest BCUT2D eigenvalue weighted by molar-refractivity contribution is 0.416. The Labute approximate surface area is 152 Å². The summed E-state index contributed by atoms with van der Waals surface area (Å²) in [5.41, 5.74) is 2.00. The lowest BCUT2D eigenvalue weighted by atomic mass is 9.96. The average Bonchev–Trinajstić information content (AvgIpc) is 3.24. The van der Waals surface area contributed by atoms with Crippen LogP contribution in [0.15, 0.2) is 21.5 Å². The summed E-state index contributed by atoms with van der Waals surface area (Å²) in [5, 5.41) is 10.3. The van der Waals surface area contributed by atoms with Gasteiger partial charge in [0.15, 0.2) is 5.88 Å². The molecule has 1 aliphatic carbocycles. The number of hydrogen-bond donors (Lipinski definition) is 0. The molecule has 0 aromatic carbocycles. The normalized spacial score (nSPS) is 18.5. The maximum atomic E-state index is 9.51. The number of anilines is 1. The van der Waals surface area contributed by atoms with E-state index in [4.69, 9.17) is 4.42 Å². The van der Waals surface area contributed by atoms with Gasteiger partial charge >= 0.3 is 0 Å². The summed E-state index contributed by atoms with van der Waals surface area (Å²) in [7, 11) is 0. The van der Waals surface area contributed by atoms with Crippen LogP contribution in [0.2, 0.25) is 0 Å². The minimum atomic E-state index is 0.754. The van der Waals surface area contributed by atoms with Crippen molar-refractivity contribution in [1.29, 1.82) is 5.26 Å². The van der Waals surface area contributed by atoms with Gasteiger partial charge in [0.1, 0.15) is 16.8 Å². The van der Waals surface area contributed by atoms with Gasteiger partial charge in [0.2, 0.25) is 0 Å². The van der Waals surface area contributed by atoms with Gasteiger partial charge in [-0.1, -0.05) is 6.92 Å². The number of furan rings is 1. The van der Waals surface area contributed by atoms with Crippen molar-refractivity contribution in [3.63, 3.8) is 0 Å². The number of aliphatic imine (C=N–C) groups is 1. The van der Waals surface area contributed by atoms with E-state index in [1.807, 2.05) is 12.1 Å². The molecule has 0 radical (unpaired) electrons. The molecule has 1 saturated heterocycles. The fourth-order valence-electron chi connectivity index (χ4n) is 3.69. The predicted molar refractivity (Wildman–Crippen MR) is 102 cm³/mol. The first-order valence-electron chi connectivity index (χ1n) is 9.18. The van der Waals surface area contributed by atoms with E-state index < -0.39 is 0 Å². The minimum Gasteiger partial charge on any atom is -0.440 e. The molecular weight excluding hydrogens is 330 g/mol. The summed E-state index contributed by atoms with van der Waals surface area (Å²) in [6.07, 6.45) is 8.70. The molecule has 0 bridgehead atoms. The third-order valence-corrected chi connectivity index (χ3v) is 6.48. The second-order valence-corrected chi connectivity index (χ2v) is 8.19. The summed E-state index contributed by atoms with van der Waals surface area (Å²) in [6.45, 7) is 4.42. The number of piperidine rings is 1. The van der Waals surface area contributed by atoms with Crippen molar-refractivity contribution in [3.05, 3.63) is 33.9 Å². The van der Waals surface area contributed by atoms with Gasteiger partial charge in [-0.2, -0.15) is 5.26 Å². The van der Waals surface area contributed by atoms with Crippen LogP contribution >= 0.6 is 11.3 Å². The Bertz CT molecular complexity index is 819. The van der Waals surface area contributed by atoms with Gasteiger partial charge in [-0.3, -0.25) is 0 Å². The Balaban J connectivity index is 1.51. The molecule has 4 rings (SSSR count). The average molecular weight is 353 g/mol. The molecule has 25 heavy (non-hydrogen) atoms. The summed E-state index contributed by atoms with van der Waals surface area (Å²) >= 11 is 1.67. The third-order valence-electron chi connectivity index (χ3n) is 5.28. The van der Waals surface area contributed by atoms with Crippen LogP contribution in [0, 0.1) is 17.2 Å². The Morgan fingerprint density at radius 1 is 1.28 bits per heavy atom. The molecule has 3 heterocycles. The summed E-state index contributed by atoms with van der Waals surface area (Å²) in [4.78, 5) is 8.23. The number of rotatable bonds is 3. The van der Waals surface area contributed by atoms with Crippen LogP contribution in [0.4, 0.5) is 10.9 Å². The first-order chi connectivity index (χ1) is 12.2. The summed E-state index contributed by atoms with van der Waals surface area (Å²) < 4.78 is 5.95. The van der Waals surface area contributed by atoms with Gasteiger partial charge in [0, 0.05) is 24.0 Å². The van der Waals surface area contributed by atoms with E-state index in [0.717, 1.165) is 54.1 Å². The highest BCUT2D eigenvalue weighted by Crippen LogP contribution is 2.39. The number of fused-ring (bicyclic) bond motifs is 1. The van der Waals surface area contributed by atoms with Gasteiger partial charge < -0.3 is 9.32 Å². The van der Waals surface area contributed by atoms with Crippen LogP contribution in [0.25, 0.3) is 0 Å². The molecule has 2 aromatic heterocycles. The first kappa shape index (κ1) is 16.4.